The maximum absolute atomic E-state index is 12.7. The Morgan fingerprint density at radius 3 is 2.48 bits per heavy atom. The SMILES string of the molecule is Cc1ccc2c(c1)CN(S(C)(=O)=O)CC1(CCN(CC(=O)N3CCC(C)CC3)CC1)O2. The molecule has 1 spiro atoms. The molecule has 0 bridgehead atoms. The summed E-state index contributed by atoms with van der Waals surface area (Å²) in [7, 11) is -3.35. The van der Waals surface area contributed by atoms with Crippen molar-refractivity contribution in [2.45, 2.75) is 51.7 Å². The molecule has 172 valence electrons. The molecule has 0 N–H and O–H groups in total. The molecule has 7 nitrogen and oxygen atoms in total. The Bertz CT molecular complexity index is 917. The average Bonchev–Trinajstić information content (AvgIpc) is 2.87. The van der Waals surface area contributed by atoms with Crippen molar-refractivity contribution in [3.8, 4) is 5.75 Å². The Kier molecular flexibility index (Phi) is 6.34. The van der Waals surface area contributed by atoms with Crippen LogP contribution in [0.15, 0.2) is 18.2 Å². The molecule has 0 atom stereocenters. The number of benzene rings is 1. The highest BCUT2D eigenvalue weighted by molar-refractivity contribution is 7.88. The van der Waals surface area contributed by atoms with Gasteiger partial charge in [0.2, 0.25) is 15.9 Å². The smallest absolute Gasteiger partial charge is 0.236 e. The van der Waals surface area contributed by atoms with E-state index in [0.717, 1.165) is 55.9 Å². The van der Waals surface area contributed by atoms with Crippen molar-refractivity contribution >= 4 is 15.9 Å². The fourth-order valence-electron chi connectivity index (χ4n) is 4.93. The number of fused-ring (bicyclic) bond motifs is 1. The number of nitrogens with zero attached hydrogens (tertiary/aromatic N) is 3. The Balaban J connectivity index is 1.44. The summed E-state index contributed by atoms with van der Waals surface area (Å²) in [6.07, 6.45) is 4.86. The topological polar surface area (TPSA) is 70.2 Å². The van der Waals surface area contributed by atoms with E-state index in [0.29, 0.717) is 38.4 Å². The molecule has 1 aromatic rings. The van der Waals surface area contributed by atoms with Gasteiger partial charge in [-0.2, -0.15) is 4.31 Å². The first-order valence-electron chi connectivity index (χ1n) is 11.4. The second-order valence-electron chi connectivity index (χ2n) is 9.77. The minimum absolute atomic E-state index is 0.211. The van der Waals surface area contributed by atoms with Crippen molar-refractivity contribution in [3.63, 3.8) is 0 Å². The lowest BCUT2D eigenvalue weighted by Gasteiger charge is -2.42. The van der Waals surface area contributed by atoms with E-state index >= 15 is 0 Å². The predicted molar refractivity (Wildman–Crippen MR) is 120 cm³/mol. The largest absolute Gasteiger partial charge is 0.485 e. The summed E-state index contributed by atoms with van der Waals surface area (Å²) in [4.78, 5) is 16.9. The van der Waals surface area contributed by atoms with Gasteiger partial charge < -0.3 is 9.64 Å². The van der Waals surface area contributed by atoms with Crippen LogP contribution in [0, 0.1) is 12.8 Å². The third-order valence-electron chi connectivity index (χ3n) is 7.09. The summed E-state index contributed by atoms with van der Waals surface area (Å²) in [5.41, 5.74) is 1.45. The first-order valence-corrected chi connectivity index (χ1v) is 13.2. The fraction of sp³-hybridized carbons (Fsp3) is 0.696. The highest BCUT2D eigenvalue weighted by atomic mass is 32.2. The van der Waals surface area contributed by atoms with Crippen LogP contribution in [-0.4, -0.2) is 79.6 Å². The molecule has 8 heteroatoms. The van der Waals surface area contributed by atoms with E-state index in [1.54, 1.807) is 4.31 Å². The van der Waals surface area contributed by atoms with Crippen LogP contribution in [0.25, 0.3) is 0 Å². The van der Waals surface area contributed by atoms with Gasteiger partial charge in [0.25, 0.3) is 0 Å². The van der Waals surface area contributed by atoms with E-state index in [9.17, 15) is 13.2 Å². The number of aryl methyl sites for hydroxylation is 1. The molecule has 3 heterocycles. The number of hydrogen-bond donors (Lipinski definition) is 0. The molecule has 4 rings (SSSR count). The quantitative estimate of drug-likeness (QED) is 0.708. The summed E-state index contributed by atoms with van der Waals surface area (Å²) < 4.78 is 33.0. The Labute approximate surface area is 186 Å². The van der Waals surface area contributed by atoms with Crippen LogP contribution in [0.2, 0.25) is 0 Å². The third kappa shape index (κ3) is 5.23. The van der Waals surface area contributed by atoms with Gasteiger partial charge in [0, 0.05) is 51.1 Å². The number of likely N-dealkylation sites (tertiary alicyclic amines) is 2. The molecular weight excluding hydrogens is 414 g/mol. The molecule has 0 saturated carbocycles. The van der Waals surface area contributed by atoms with Crippen LogP contribution in [0.4, 0.5) is 0 Å². The van der Waals surface area contributed by atoms with Crippen LogP contribution in [0.5, 0.6) is 5.75 Å². The Morgan fingerprint density at radius 1 is 1.16 bits per heavy atom. The molecule has 0 aromatic heterocycles. The lowest BCUT2D eigenvalue weighted by atomic mass is 9.90. The van der Waals surface area contributed by atoms with Gasteiger partial charge in [0.05, 0.1) is 19.3 Å². The van der Waals surface area contributed by atoms with E-state index in [-0.39, 0.29) is 5.91 Å². The van der Waals surface area contributed by atoms with Gasteiger partial charge in [0.1, 0.15) is 11.4 Å². The molecule has 2 fully saturated rings. The lowest BCUT2D eigenvalue weighted by Crippen LogP contribution is -2.55. The van der Waals surface area contributed by atoms with E-state index in [1.165, 1.54) is 6.26 Å². The van der Waals surface area contributed by atoms with Gasteiger partial charge in [0.15, 0.2) is 0 Å². The molecule has 1 aromatic carbocycles. The molecule has 31 heavy (non-hydrogen) atoms. The maximum atomic E-state index is 12.7. The normalized spacial score (nSPS) is 23.3. The summed E-state index contributed by atoms with van der Waals surface area (Å²) >= 11 is 0. The van der Waals surface area contributed by atoms with Gasteiger partial charge in [-0.1, -0.05) is 24.6 Å². The van der Waals surface area contributed by atoms with E-state index in [2.05, 4.69) is 11.8 Å². The van der Waals surface area contributed by atoms with E-state index in [4.69, 9.17) is 4.74 Å². The molecule has 0 radical (unpaired) electrons. The average molecular weight is 450 g/mol. The van der Waals surface area contributed by atoms with Crippen molar-refractivity contribution in [2.75, 3.05) is 45.5 Å². The molecule has 3 aliphatic rings. The zero-order valence-corrected chi connectivity index (χ0v) is 19.8. The Hall–Kier alpha value is -1.64. The minimum atomic E-state index is -3.35. The van der Waals surface area contributed by atoms with Gasteiger partial charge in [-0.25, -0.2) is 8.42 Å². The zero-order chi connectivity index (χ0) is 22.2. The van der Waals surface area contributed by atoms with Crippen molar-refractivity contribution in [1.29, 1.82) is 0 Å². The lowest BCUT2D eigenvalue weighted by molar-refractivity contribution is -0.134. The number of carbonyl (C=O) groups is 1. The summed E-state index contributed by atoms with van der Waals surface area (Å²) in [6, 6.07) is 5.99. The van der Waals surface area contributed by atoms with Crippen LogP contribution in [-0.2, 0) is 21.4 Å². The van der Waals surface area contributed by atoms with Crippen LogP contribution in [0.1, 0.15) is 43.7 Å². The summed E-state index contributed by atoms with van der Waals surface area (Å²) in [5, 5.41) is 0. The van der Waals surface area contributed by atoms with Gasteiger partial charge in [-0.15, -0.1) is 0 Å². The van der Waals surface area contributed by atoms with Crippen molar-refractivity contribution in [2.24, 2.45) is 5.92 Å². The van der Waals surface area contributed by atoms with Gasteiger partial charge in [-0.3, -0.25) is 9.69 Å². The maximum Gasteiger partial charge on any atom is 0.236 e. The van der Waals surface area contributed by atoms with E-state index < -0.39 is 15.6 Å². The standard InChI is InChI=1S/C23H35N3O4S/c1-18-6-10-25(11-7-18)22(27)16-24-12-8-23(9-13-24)17-26(31(3,28)29)15-20-14-19(2)4-5-21(20)30-23/h4-5,14,18H,6-13,15-17H2,1-3H3. The van der Waals surface area contributed by atoms with Crippen molar-refractivity contribution in [1.82, 2.24) is 14.1 Å². The number of amides is 1. The molecule has 0 unspecified atom stereocenters. The first-order chi connectivity index (χ1) is 14.6. The number of piperidine rings is 2. The number of rotatable bonds is 3. The minimum Gasteiger partial charge on any atom is -0.485 e. The van der Waals surface area contributed by atoms with Crippen LogP contribution in [0.3, 0.4) is 0 Å². The number of ether oxygens (including phenoxy) is 1. The van der Waals surface area contributed by atoms with Gasteiger partial charge in [-0.05, 0) is 31.7 Å². The van der Waals surface area contributed by atoms with Crippen LogP contribution < -0.4 is 4.74 Å². The van der Waals surface area contributed by atoms with Crippen molar-refractivity contribution < 1.29 is 17.9 Å². The predicted octanol–water partition coefficient (Wildman–Crippen LogP) is 2.24. The van der Waals surface area contributed by atoms with Gasteiger partial charge >= 0.3 is 0 Å². The third-order valence-corrected chi connectivity index (χ3v) is 8.28. The number of carbonyl (C=O) groups excluding carboxylic acids is 1. The first kappa shape index (κ1) is 22.6. The highest BCUT2D eigenvalue weighted by Crippen LogP contribution is 2.36. The summed E-state index contributed by atoms with van der Waals surface area (Å²) in [5.74, 6) is 1.70. The zero-order valence-electron chi connectivity index (χ0n) is 19.0. The van der Waals surface area contributed by atoms with Crippen LogP contribution >= 0.6 is 0 Å². The number of hydrogen-bond acceptors (Lipinski definition) is 5. The second kappa shape index (κ2) is 8.71. The second-order valence-corrected chi connectivity index (χ2v) is 11.7. The highest BCUT2D eigenvalue weighted by Gasteiger charge is 2.43. The summed E-state index contributed by atoms with van der Waals surface area (Å²) in [6.45, 7) is 8.57. The molecular formula is C23H35N3O4S. The number of sulfonamides is 1. The molecule has 0 aliphatic carbocycles. The molecule has 3 aliphatic heterocycles. The van der Waals surface area contributed by atoms with Crippen molar-refractivity contribution in [3.05, 3.63) is 29.3 Å². The molecule has 1 amide bonds. The molecule has 2 saturated heterocycles. The fourth-order valence-corrected chi connectivity index (χ4v) is 5.77. The monoisotopic (exact) mass is 449 g/mol. The Morgan fingerprint density at radius 2 is 1.84 bits per heavy atom. The van der Waals surface area contributed by atoms with E-state index in [1.807, 2.05) is 30.0 Å².